The molecule has 27 heavy (non-hydrogen) atoms. The fraction of sp³-hybridized carbons (Fsp3) is 0.0909. The summed E-state index contributed by atoms with van der Waals surface area (Å²) in [5.41, 5.74) is 1.72. The van der Waals surface area contributed by atoms with Crippen LogP contribution in [0.1, 0.15) is 18.2 Å². The van der Waals surface area contributed by atoms with Crippen LogP contribution < -0.4 is 5.32 Å². The number of para-hydroxylation sites is 1. The Bertz CT molecular complexity index is 1000. The van der Waals surface area contributed by atoms with Crippen LogP contribution in [0.25, 0.3) is 6.08 Å². The molecular formula is C22H18N2O2S. The molecule has 0 aliphatic rings. The topological polar surface area (TPSA) is 66.0 Å². The van der Waals surface area contributed by atoms with Gasteiger partial charge in [0, 0.05) is 16.7 Å². The van der Waals surface area contributed by atoms with Crippen molar-refractivity contribution in [1.82, 2.24) is 0 Å². The minimum absolute atomic E-state index is 0.00785. The largest absolute Gasteiger partial charge is 0.450 e. The third-order valence-corrected chi connectivity index (χ3v) is 4.79. The van der Waals surface area contributed by atoms with Gasteiger partial charge < -0.3 is 9.73 Å². The summed E-state index contributed by atoms with van der Waals surface area (Å²) in [6, 6.07) is 22.9. The van der Waals surface area contributed by atoms with Gasteiger partial charge in [0.1, 0.15) is 17.4 Å². The van der Waals surface area contributed by atoms with E-state index in [0.29, 0.717) is 16.5 Å². The first-order valence-electron chi connectivity index (χ1n) is 8.53. The zero-order valence-electron chi connectivity index (χ0n) is 14.8. The summed E-state index contributed by atoms with van der Waals surface area (Å²) in [5, 5.41) is 12.9. The van der Waals surface area contributed by atoms with Gasteiger partial charge in [0.05, 0.1) is 0 Å². The number of hydrogen-bond acceptors (Lipinski definition) is 4. The fourth-order valence-corrected chi connectivity index (χ4v) is 3.30. The second-order valence-electron chi connectivity index (χ2n) is 5.71. The molecule has 0 fully saturated rings. The summed E-state index contributed by atoms with van der Waals surface area (Å²) < 4.78 is 5.72. The van der Waals surface area contributed by atoms with Gasteiger partial charge in [-0.05, 0) is 42.3 Å². The van der Waals surface area contributed by atoms with Crippen LogP contribution in [0.4, 0.5) is 5.69 Å². The molecule has 1 aromatic heterocycles. The molecule has 0 bridgehead atoms. The number of nitrogens with zero attached hydrogens (tertiary/aromatic N) is 1. The van der Waals surface area contributed by atoms with E-state index in [9.17, 15) is 10.1 Å². The number of hydrogen-bond donors (Lipinski definition) is 1. The Morgan fingerprint density at radius 2 is 1.85 bits per heavy atom. The lowest BCUT2D eigenvalue weighted by Crippen LogP contribution is -2.14. The van der Waals surface area contributed by atoms with Crippen LogP contribution in [0.5, 0.6) is 0 Å². The van der Waals surface area contributed by atoms with Crippen LogP contribution in [-0.4, -0.2) is 5.91 Å². The number of amides is 1. The van der Waals surface area contributed by atoms with Gasteiger partial charge in [-0.25, -0.2) is 0 Å². The Hall–Kier alpha value is -3.23. The first-order valence-corrected chi connectivity index (χ1v) is 9.35. The van der Waals surface area contributed by atoms with Crippen LogP contribution in [0.3, 0.4) is 0 Å². The summed E-state index contributed by atoms with van der Waals surface area (Å²) in [4.78, 5) is 13.5. The predicted octanol–water partition coefficient (Wildman–Crippen LogP) is 5.54. The smallest absolute Gasteiger partial charge is 0.266 e. The maximum atomic E-state index is 12.5. The van der Waals surface area contributed by atoms with Gasteiger partial charge in [0.25, 0.3) is 5.91 Å². The molecule has 1 N–H and O–H groups in total. The molecular weight excluding hydrogens is 356 g/mol. The van der Waals surface area contributed by atoms with Crippen molar-refractivity contribution < 1.29 is 9.21 Å². The molecule has 0 saturated carbocycles. The normalized spacial score (nSPS) is 11.0. The number of carbonyl (C=O) groups excluding carboxylic acids is 1. The van der Waals surface area contributed by atoms with Gasteiger partial charge in [-0.15, -0.1) is 0 Å². The van der Waals surface area contributed by atoms with E-state index in [2.05, 4.69) is 5.32 Å². The maximum Gasteiger partial charge on any atom is 0.266 e. The van der Waals surface area contributed by atoms with Gasteiger partial charge in [-0.1, -0.05) is 55.1 Å². The summed E-state index contributed by atoms with van der Waals surface area (Å²) >= 11 is 1.48. The molecule has 4 nitrogen and oxygen atoms in total. The van der Waals surface area contributed by atoms with E-state index < -0.39 is 5.91 Å². The van der Waals surface area contributed by atoms with Crippen molar-refractivity contribution in [3.05, 3.63) is 83.6 Å². The lowest BCUT2D eigenvalue weighted by atomic mass is 10.1. The quantitative estimate of drug-likeness (QED) is 0.454. The summed E-state index contributed by atoms with van der Waals surface area (Å²) in [6.45, 7) is 2.01. The van der Waals surface area contributed by atoms with Crippen LogP contribution >= 0.6 is 11.8 Å². The highest BCUT2D eigenvalue weighted by Crippen LogP contribution is 2.29. The molecule has 0 saturated heterocycles. The Morgan fingerprint density at radius 1 is 1.11 bits per heavy atom. The van der Waals surface area contributed by atoms with Crippen LogP contribution in [0, 0.1) is 11.3 Å². The van der Waals surface area contributed by atoms with Crippen LogP contribution in [0.2, 0.25) is 0 Å². The molecule has 5 heteroatoms. The molecule has 3 aromatic rings. The van der Waals surface area contributed by atoms with Crippen molar-refractivity contribution in [3.63, 3.8) is 0 Å². The third-order valence-electron chi connectivity index (χ3n) is 3.86. The van der Waals surface area contributed by atoms with E-state index in [-0.39, 0.29) is 5.57 Å². The van der Waals surface area contributed by atoms with Crippen molar-refractivity contribution in [2.45, 2.75) is 23.3 Å². The molecule has 0 aliphatic carbocycles. The van der Waals surface area contributed by atoms with Crippen molar-refractivity contribution in [2.24, 2.45) is 0 Å². The molecule has 0 atom stereocenters. The maximum absolute atomic E-state index is 12.5. The number of carbonyl (C=O) groups is 1. The van der Waals surface area contributed by atoms with E-state index >= 15 is 0 Å². The van der Waals surface area contributed by atoms with Gasteiger partial charge in [0.15, 0.2) is 5.09 Å². The third kappa shape index (κ3) is 4.90. The first-order chi connectivity index (χ1) is 13.2. The lowest BCUT2D eigenvalue weighted by Gasteiger charge is -2.08. The van der Waals surface area contributed by atoms with Gasteiger partial charge in [-0.3, -0.25) is 4.79 Å². The average molecular weight is 374 g/mol. The Morgan fingerprint density at radius 3 is 2.59 bits per heavy atom. The first kappa shape index (κ1) is 18.6. The molecule has 3 rings (SSSR count). The highest BCUT2D eigenvalue weighted by Gasteiger charge is 2.12. The van der Waals surface area contributed by atoms with E-state index in [1.807, 2.05) is 73.7 Å². The minimum atomic E-state index is -0.452. The monoisotopic (exact) mass is 374 g/mol. The van der Waals surface area contributed by atoms with Gasteiger partial charge in [-0.2, -0.15) is 5.26 Å². The second kappa shape index (κ2) is 8.93. The predicted molar refractivity (Wildman–Crippen MR) is 107 cm³/mol. The van der Waals surface area contributed by atoms with Crippen molar-refractivity contribution in [3.8, 4) is 6.07 Å². The second-order valence-corrected chi connectivity index (χ2v) is 6.78. The SMILES string of the molecule is CCc1ccccc1NC(=O)C(C#N)=Cc1ccc(Sc2ccccc2)o1. The number of benzene rings is 2. The van der Waals surface area contributed by atoms with E-state index in [1.165, 1.54) is 17.8 Å². The lowest BCUT2D eigenvalue weighted by molar-refractivity contribution is -0.112. The summed E-state index contributed by atoms with van der Waals surface area (Å²) in [7, 11) is 0. The fourth-order valence-electron chi connectivity index (χ4n) is 2.50. The van der Waals surface area contributed by atoms with Gasteiger partial charge >= 0.3 is 0 Å². The Kier molecular flexibility index (Phi) is 6.14. The zero-order valence-corrected chi connectivity index (χ0v) is 15.6. The Labute approximate surface area is 162 Å². The molecule has 1 amide bonds. The molecule has 2 aromatic carbocycles. The Balaban J connectivity index is 1.74. The number of furan rings is 1. The summed E-state index contributed by atoms with van der Waals surface area (Å²) in [6.07, 6.45) is 2.25. The number of rotatable bonds is 6. The van der Waals surface area contributed by atoms with Crippen LogP contribution in [-0.2, 0) is 11.2 Å². The molecule has 0 unspecified atom stereocenters. The van der Waals surface area contributed by atoms with E-state index in [1.54, 1.807) is 6.07 Å². The van der Waals surface area contributed by atoms with Crippen molar-refractivity contribution in [1.29, 1.82) is 5.26 Å². The van der Waals surface area contributed by atoms with Crippen molar-refractivity contribution in [2.75, 3.05) is 5.32 Å². The molecule has 0 radical (unpaired) electrons. The summed E-state index contributed by atoms with van der Waals surface area (Å²) in [5.74, 6) is 0.0102. The molecule has 1 heterocycles. The number of nitriles is 1. The molecule has 0 aliphatic heterocycles. The number of anilines is 1. The van der Waals surface area contributed by atoms with E-state index in [4.69, 9.17) is 4.42 Å². The average Bonchev–Trinajstić information content (AvgIpc) is 3.14. The molecule has 134 valence electrons. The minimum Gasteiger partial charge on any atom is -0.450 e. The highest BCUT2D eigenvalue weighted by atomic mass is 32.2. The van der Waals surface area contributed by atoms with Crippen LogP contribution in [0.15, 0.2) is 86.7 Å². The molecule has 0 spiro atoms. The zero-order chi connectivity index (χ0) is 19.1. The standard InChI is InChI=1S/C22H18N2O2S/c1-2-16-8-6-7-11-20(16)24-22(25)17(15-23)14-18-12-13-21(26-18)27-19-9-4-3-5-10-19/h3-14H,2H2,1H3,(H,24,25). The highest BCUT2D eigenvalue weighted by molar-refractivity contribution is 7.99. The van der Waals surface area contributed by atoms with Gasteiger partial charge in [0.2, 0.25) is 0 Å². The van der Waals surface area contributed by atoms with Crippen molar-refractivity contribution >= 4 is 29.4 Å². The van der Waals surface area contributed by atoms with E-state index in [0.717, 1.165) is 16.9 Å². The number of aryl methyl sites for hydroxylation is 1. The number of nitrogens with one attached hydrogen (secondary N) is 1.